The van der Waals surface area contributed by atoms with Crippen molar-refractivity contribution in [3.8, 4) is 0 Å². The highest BCUT2D eigenvalue weighted by molar-refractivity contribution is 7.92. The fourth-order valence-corrected chi connectivity index (χ4v) is 6.36. The van der Waals surface area contributed by atoms with Gasteiger partial charge in [0.1, 0.15) is 0 Å². The number of hydrogen-bond acceptors (Lipinski definition) is 7. The minimum atomic E-state index is -4.02. The van der Waals surface area contributed by atoms with E-state index in [0.29, 0.717) is 29.9 Å². The van der Waals surface area contributed by atoms with Gasteiger partial charge in [-0.25, -0.2) is 26.8 Å². The first kappa shape index (κ1) is 23.4. The summed E-state index contributed by atoms with van der Waals surface area (Å²) in [6.45, 7) is 5.73. The van der Waals surface area contributed by atoms with Gasteiger partial charge in [0.15, 0.2) is 11.6 Å². The molecule has 0 spiro atoms. The van der Waals surface area contributed by atoms with E-state index in [9.17, 15) is 16.8 Å². The predicted octanol–water partition coefficient (Wildman–Crippen LogP) is 3.06. The Labute approximate surface area is 194 Å². The van der Waals surface area contributed by atoms with Crippen molar-refractivity contribution in [2.75, 3.05) is 35.8 Å². The van der Waals surface area contributed by atoms with E-state index in [2.05, 4.69) is 14.7 Å². The second kappa shape index (κ2) is 9.24. The first-order valence-electron chi connectivity index (χ1n) is 10.9. The van der Waals surface area contributed by atoms with Crippen molar-refractivity contribution in [1.29, 1.82) is 0 Å². The standard InChI is InChI=1S/C22H27N5O4S2/c1-3-27(4-2)33(30,31)18-13-11-17(12-14-18)32(28,29)25-21-22(26-15-7-8-16-26)24-20-10-6-5-9-19(20)23-21/h5-6,9-14H,3-4,7-8,15-16H2,1-2H3,(H,23,25). The molecule has 1 fully saturated rings. The van der Waals surface area contributed by atoms with Gasteiger partial charge in [-0.15, -0.1) is 0 Å². The van der Waals surface area contributed by atoms with Crippen LogP contribution in [0.2, 0.25) is 0 Å². The smallest absolute Gasteiger partial charge is 0.263 e. The first-order chi connectivity index (χ1) is 15.8. The third-order valence-electron chi connectivity index (χ3n) is 5.67. The van der Waals surface area contributed by atoms with Crippen LogP contribution in [0, 0.1) is 0 Å². The van der Waals surface area contributed by atoms with Gasteiger partial charge >= 0.3 is 0 Å². The Morgan fingerprint density at radius 1 is 0.848 bits per heavy atom. The molecule has 11 heteroatoms. The van der Waals surface area contributed by atoms with Crippen molar-refractivity contribution >= 4 is 42.7 Å². The molecule has 0 unspecified atom stereocenters. The second-order valence-corrected chi connectivity index (χ2v) is 11.4. The molecule has 0 amide bonds. The summed E-state index contributed by atoms with van der Waals surface area (Å²) in [5, 5.41) is 0. The summed E-state index contributed by atoms with van der Waals surface area (Å²) in [4.78, 5) is 11.2. The zero-order chi connectivity index (χ0) is 23.6. The molecule has 1 saturated heterocycles. The fraction of sp³-hybridized carbons (Fsp3) is 0.364. The van der Waals surface area contributed by atoms with Crippen molar-refractivity contribution in [3.05, 3.63) is 48.5 Å². The molecule has 1 aromatic heterocycles. The molecule has 2 heterocycles. The SMILES string of the molecule is CCN(CC)S(=O)(=O)c1ccc(S(=O)(=O)Nc2nc3ccccc3nc2N2CCCC2)cc1. The molecule has 0 saturated carbocycles. The van der Waals surface area contributed by atoms with Crippen LogP contribution in [0.4, 0.5) is 11.6 Å². The van der Waals surface area contributed by atoms with Crippen LogP contribution < -0.4 is 9.62 Å². The molecule has 0 radical (unpaired) electrons. The fourth-order valence-electron chi connectivity index (χ4n) is 3.90. The van der Waals surface area contributed by atoms with Crippen LogP contribution in [-0.4, -0.2) is 57.3 Å². The molecule has 1 N–H and O–H groups in total. The van der Waals surface area contributed by atoms with Gasteiger partial charge in [-0.3, -0.25) is 4.72 Å². The topological polar surface area (TPSA) is 113 Å². The molecule has 4 rings (SSSR count). The van der Waals surface area contributed by atoms with Crippen molar-refractivity contribution < 1.29 is 16.8 Å². The lowest BCUT2D eigenvalue weighted by atomic mass is 10.3. The lowest BCUT2D eigenvalue weighted by Gasteiger charge is -2.21. The van der Waals surface area contributed by atoms with Gasteiger partial charge in [-0.05, 0) is 49.2 Å². The van der Waals surface area contributed by atoms with Crippen molar-refractivity contribution in [1.82, 2.24) is 14.3 Å². The summed E-state index contributed by atoms with van der Waals surface area (Å²) in [5.41, 5.74) is 1.27. The summed E-state index contributed by atoms with van der Waals surface area (Å²) in [6.07, 6.45) is 2.01. The molecular weight excluding hydrogens is 462 g/mol. The number of fused-ring (bicyclic) bond motifs is 1. The van der Waals surface area contributed by atoms with E-state index < -0.39 is 20.0 Å². The minimum absolute atomic E-state index is 0.0494. The Hall–Kier alpha value is -2.76. The summed E-state index contributed by atoms with van der Waals surface area (Å²) >= 11 is 0. The molecule has 3 aromatic rings. The van der Waals surface area contributed by atoms with E-state index in [0.717, 1.165) is 25.9 Å². The Kier molecular flexibility index (Phi) is 6.55. The molecule has 33 heavy (non-hydrogen) atoms. The number of nitrogens with one attached hydrogen (secondary N) is 1. The number of aromatic nitrogens is 2. The molecule has 1 aliphatic heterocycles. The number of benzene rings is 2. The largest absolute Gasteiger partial charge is 0.354 e. The average Bonchev–Trinajstić information content (AvgIpc) is 3.34. The molecule has 2 aromatic carbocycles. The molecule has 0 bridgehead atoms. The number of sulfonamides is 2. The maximum atomic E-state index is 13.2. The monoisotopic (exact) mass is 489 g/mol. The third kappa shape index (κ3) is 4.66. The zero-order valence-corrected chi connectivity index (χ0v) is 20.2. The molecular formula is C22H27N5O4S2. The maximum Gasteiger partial charge on any atom is 0.263 e. The number of rotatable bonds is 8. The lowest BCUT2D eigenvalue weighted by Crippen LogP contribution is -2.30. The maximum absolute atomic E-state index is 13.2. The highest BCUT2D eigenvalue weighted by atomic mass is 32.2. The Morgan fingerprint density at radius 3 is 1.97 bits per heavy atom. The van der Waals surface area contributed by atoms with Gasteiger partial charge in [-0.1, -0.05) is 26.0 Å². The highest BCUT2D eigenvalue weighted by Crippen LogP contribution is 2.30. The van der Waals surface area contributed by atoms with Gasteiger partial charge in [0.05, 0.1) is 20.8 Å². The predicted molar refractivity (Wildman–Crippen MR) is 128 cm³/mol. The van der Waals surface area contributed by atoms with Gasteiger partial charge < -0.3 is 4.90 Å². The van der Waals surface area contributed by atoms with Crippen LogP contribution in [0.5, 0.6) is 0 Å². The molecule has 0 atom stereocenters. The quantitative estimate of drug-likeness (QED) is 0.517. The van der Waals surface area contributed by atoms with Crippen LogP contribution >= 0.6 is 0 Å². The van der Waals surface area contributed by atoms with Crippen LogP contribution in [0.25, 0.3) is 11.0 Å². The number of anilines is 2. The van der Waals surface area contributed by atoms with Crippen molar-refractivity contribution in [2.45, 2.75) is 36.5 Å². The molecule has 0 aliphatic carbocycles. The van der Waals surface area contributed by atoms with Crippen LogP contribution in [-0.2, 0) is 20.0 Å². The summed E-state index contributed by atoms with van der Waals surface area (Å²) in [5.74, 6) is 0.658. The van der Waals surface area contributed by atoms with E-state index in [1.54, 1.807) is 19.9 Å². The van der Waals surface area contributed by atoms with E-state index in [1.807, 2.05) is 23.1 Å². The van der Waals surface area contributed by atoms with Gasteiger partial charge in [0.2, 0.25) is 10.0 Å². The zero-order valence-electron chi connectivity index (χ0n) is 18.6. The summed E-state index contributed by atoms with van der Waals surface area (Å²) < 4.78 is 55.6. The third-order valence-corrected chi connectivity index (χ3v) is 9.08. The van der Waals surface area contributed by atoms with Gasteiger partial charge in [0.25, 0.3) is 10.0 Å². The van der Waals surface area contributed by atoms with Crippen LogP contribution in [0.1, 0.15) is 26.7 Å². The van der Waals surface area contributed by atoms with Gasteiger partial charge in [-0.2, -0.15) is 4.31 Å². The second-order valence-electron chi connectivity index (χ2n) is 7.74. The summed E-state index contributed by atoms with van der Waals surface area (Å²) in [6, 6.07) is 12.5. The Bertz CT molecular complexity index is 1350. The number of nitrogens with zero attached hydrogens (tertiary/aromatic N) is 4. The minimum Gasteiger partial charge on any atom is -0.354 e. The van der Waals surface area contributed by atoms with E-state index in [4.69, 9.17) is 0 Å². The lowest BCUT2D eigenvalue weighted by molar-refractivity contribution is 0.445. The molecule has 1 aliphatic rings. The van der Waals surface area contributed by atoms with Crippen molar-refractivity contribution in [3.63, 3.8) is 0 Å². The van der Waals surface area contributed by atoms with E-state index >= 15 is 0 Å². The Balaban J connectivity index is 1.68. The van der Waals surface area contributed by atoms with E-state index in [1.165, 1.54) is 28.6 Å². The van der Waals surface area contributed by atoms with Crippen molar-refractivity contribution in [2.24, 2.45) is 0 Å². The van der Waals surface area contributed by atoms with E-state index in [-0.39, 0.29) is 15.6 Å². The summed E-state index contributed by atoms with van der Waals surface area (Å²) in [7, 11) is -7.69. The van der Waals surface area contributed by atoms with Crippen LogP contribution in [0.3, 0.4) is 0 Å². The first-order valence-corrected chi connectivity index (χ1v) is 13.8. The average molecular weight is 490 g/mol. The number of para-hydroxylation sites is 2. The van der Waals surface area contributed by atoms with Crippen LogP contribution in [0.15, 0.2) is 58.3 Å². The highest BCUT2D eigenvalue weighted by Gasteiger charge is 2.25. The molecule has 176 valence electrons. The molecule has 9 nitrogen and oxygen atoms in total. The number of hydrogen-bond donors (Lipinski definition) is 1. The normalized spacial score (nSPS) is 14.8. The van der Waals surface area contributed by atoms with Gasteiger partial charge in [0, 0.05) is 26.2 Å². The Morgan fingerprint density at radius 2 is 1.39 bits per heavy atom.